The highest BCUT2D eigenvalue weighted by Crippen LogP contribution is 2.49. The molecule has 17 heavy (non-hydrogen) atoms. The van der Waals surface area contributed by atoms with Crippen LogP contribution in [0.5, 0.6) is 0 Å². The lowest BCUT2D eigenvalue weighted by atomic mass is 9.69. The summed E-state index contributed by atoms with van der Waals surface area (Å²) in [6, 6.07) is 8.40. The molecule has 1 N–H and O–H groups in total. The summed E-state index contributed by atoms with van der Waals surface area (Å²) in [5.41, 5.74) is 0.518. The summed E-state index contributed by atoms with van der Waals surface area (Å²) >= 11 is 1.94. The summed E-state index contributed by atoms with van der Waals surface area (Å²) in [6.07, 6.45) is 5.10. The molecular formula is C15H20OS. The molecule has 3 rings (SSSR count). The molecule has 1 aliphatic carbocycles. The van der Waals surface area contributed by atoms with Crippen LogP contribution in [-0.2, 0) is 5.60 Å². The van der Waals surface area contributed by atoms with Gasteiger partial charge in [0.15, 0.2) is 0 Å². The lowest BCUT2D eigenvalue weighted by molar-refractivity contribution is -0.0436. The van der Waals surface area contributed by atoms with Crippen molar-refractivity contribution in [1.82, 2.24) is 0 Å². The molecule has 1 aliphatic heterocycles. The van der Waals surface area contributed by atoms with E-state index in [0.717, 1.165) is 5.56 Å². The Hall–Kier alpha value is -0.470. The van der Waals surface area contributed by atoms with E-state index < -0.39 is 5.60 Å². The highest BCUT2D eigenvalue weighted by atomic mass is 32.2. The monoisotopic (exact) mass is 248 g/mol. The highest BCUT2D eigenvalue weighted by Gasteiger charge is 2.43. The Morgan fingerprint density at radius 1 is 1.24 bits per heavy atom. The molecule has 2 aliphatic rings. The van der Waals surface area contributed by atoms with Gasteiger partial charge in [0.05, 0.1) is 5.60 Å². The summed E-state index contributed by atoms with van der Waals surface area (Å²) in [5.74, 6) is 2.32. The normalized spacial score (nSPS) is 36.8. The summed E-state index contributed by atoms with van der Waals surface area (Å²) in [7, 11) is 0. The molecule has 1 heterocycles. The van der Waals surface area contributed by atoms with Crippen LogP contribution in [-0.4, -0.2) is 10.9 Å². The van der Waals surface area contributed by atoms with E-state index >= 15 is 0 Å². The van der Waals surface area contributed by atoms with Gasteiger partial charge in [0.25, 0.3) is 0 Å². The predicted molar refractivity (Wildman–Crippen MR) is 72.2 cm³/mol. The van der Waals surface area contributed by atoms with E-state index in [1.54, 1.807) is 0 Å². The van der Waals surface area contributed by atoms with Crippen LogP contribution in [0.2, 0.25) is 0 Å². The molecule has 1 fully saturated rings. The van der Waals surface area contributed by atoms with Gasteiger partial charge in [0.2, 0.25) is 0 Å². The van der Waals surface area contributed by atoms with Crippen LogP contribution in [0.4, 0.5) is 0 Å². The van der Waals surface area contributed by atoms with Gasteiger partial charge >= 0.3 is 0 Å². The molecule has 0 spiro atoms. The minimum Gasteiger partial charge on any atom is -0.385 e. The second-order valence-corrected chi connectivity index (χ2v) is 6.67. The van der Waals surface area contributed by atoms with Crippen LogP contribution in [0, 0.1) is 11.8 Å². The zero-order valence-electron chi connectivity index (χ0n) is 10.4. The van der Waals surface area contributed by atoms with Crippen molar-refractivity contribution in [3.05, 3.63) is 29.8 Å². The van der Waals surface area contributed by atoms with Crippen LogP contribution >= 0.6 is 11.8 Å². The fourth-order valence-electron chi connectivity index (χ4n) is 3.55. The summed E-state index contributed by atoms with van der Waals surface area (Å²) < 4.78 is 0. The number of thioether (sulfide) groups is 1. The standard InChI is InChI=1S/C15H20OS/c1-15(16)12-7-3-2-6-11(12)10-17-14-9-5-4-8-13(14)15/h4-5,8-9,11-12,16H,2-3,6-7,10H2,1H3/t11-,12-,15?/m0/s1. The lowest BCUT2D eigenvalue weighted by Gasteiger charge is -2.39. The van der Waals surface area contributed by atoms with Crippen molar-refractivity contribution < 1.29 is 5.11 Å². The summed E-state index contributed by atoms with van der Waals surface area (Å²) in [4.78, 5) is 1.28. The fraction of sp³-hybridized carbons (Fsp3) is 0.600. The third-order valence-electron chi connectivity index (χ3n) is 4.52. The van der Waals surface area contributed by atoms with Gasteiger partial charge in [0.1, 0.15) is 0 Å². The Bertz CT molecular complexity index is 413. The highest BCUT2D eigenvalue weighted by molar-refractivity contribution is 7.99. The molecular weight excluding hydrogens is 228 g/mol. The fourth-order valence-corrected chi connectivity index (χ4v) is 4.95. The van der Waals surface area contributed by atoms with Gasteiger partial charge in [-0.05, 0) is 43.2 Å². The van der Waals surface area contributed by atoms with Crippen LogP contribution in [0.25, 0.3) is 0 Å². The second-order valence-electron chi connectivity index (χ2n) is 5.61. The van der Waals surface area contributed by atoms with Gasteiger partial charge in [0, 0.05) is 10.6 Å². The van der Waals surface area contributed by atoms with E-state index in [0.29, 0.717) is 11.8 Å². The Kier molecular flexibility index (Phi) is 2.95. The van der Waals surface area contributed by atoms with Crippen molar-refractivity contribution in [3.63, 3.8) is 0 Å². The van der Waals surface area contributed by atoms with Crippen LogP contribution in [0.15, 0.2) is 29.2 Å². The number of fused-ring (bicyclic) bond motifs is 2. The molecule has 1 unspecified atom stereocenters. The minimum absolute atomic E-state index is 0.451. The van der Waals surface area contributed by atoms with Crippen molar-refractivity contribution in [2.45, 2.75) is 43.1 Å². The average Bonchev–Trinajstić information content (AvgIpc) is 2.47. The predicted octanol–water partition coefficient (Wildman–Crippen LogP) is 3.81. The maximum absolute atomic E-state index is 11.0. The van der Waals surface area contributed by atoms with Gasteiger partial charge < -0.3 is 5.11 Å². The minimum atomic E-state index is -0.634. The molecule has 0 aromatic heterocycles. The lowest BCUT2D eigenvalue weighted by Crippen LogP contribution is -2.38. The second kappa shape index (κ2) is 4.33. The molecule has 92 valence electrons. The first-order valence-electron chi connectivity index (χ1n) is 6.64. The third-order valence-corrected chi connectivity index (χ3v) is 5.78. The number of hydrogen-bond donors (Lipinski definition) is 1. The zero-order chi connectivity index (χ0) is 11.9. The largest absolute Gasteiger partial charge is 0.385 e. The van der Waals surface area contributed by atoms with Crippen molar-refractivity contribution in [2.75, 3.05) is 5.75 Å². The van der Waals surface area contributed by atoms with Gasteiger partial charge in [-0.2, -0.15) is 0 Å². The van der Waals surface area contributed by atoms with Crippen molar-refractivity contribution in [2.24, 2.45) is 11.8 Å². The SMILES string of the molecule is CC1(O)c2ccccc2SC[C@@H]2CCCC[C@@H]21. The first kappa shape index (κ1) is 11.6. The smallest absolute Gasteiger partial charge is 0.0910 e. The molecule has 2 heteroatoms. The molecule has 0 radical (unpaired) electrons. The molecule has 0 saturated heterocycles. The van der Waals surface area contributed by atoms with Crippen molar-refractivity contribution >= 4 is 11.8 Å². The van der Waals surface area contributed by atoms with E-state index in [1.807, 2.05) is 18.7 Å². The van der Waals surface area contributed by atoms with Gasteiger partial charge in [-0.3, -0.25) is 0 Å². The quantitative estimate of drug-likeness (QED) is 0.753. The zero-order valence-corrected chi connectivity index (χ0v) is 11.2. The number of hydrogen-bond acceptors (Lipinski definition) is 2. The Morgan fingerprint density at radius 2 is 2.00 bits per heavy atom. The van der Waals surface area contributed by atoms with Crippen LogP contribution < -0.4 is 0 Å². The summed E-state index contributed by atoms with van der Waals surface area (Å²) in [5, 5.41) is 11.0. The van der Waals surface area contributed by atoms with E-state index in [9.17, 15) is 5.11 Å². The maximum atomic E-state index is 11.0. The molecule has 0 bridgehead atoms. The van der Waals surface area contributed by atoms with E-state index in [1.165, 1.54) is 36.3 Å². The third kappa shape index (κ3) is 1.92. The first-order chi connectivity index (χ1) is 8.19. The van der Waals surface area contributed by atoms with Crippen molar-refractivity contribution in [1.29, 1.82) is 0 Å². The number of rotatable bonds is 0. The number of aliphatic hydroxyl groups is 1. The summed E-state index contributed by atoms with van der Waals surface area (Å²) in [6.45, 7) is 2.03. The molecule has 1 aromatic carbocycles. The van der Waals surface area contributed by atoms with E-state index in [2.05, 4.69) is 24.3 Å². The molecule has 3 atom stereocenters. The van der Waals surface area contributed by atoms with Crippen LogP contribution in [0.3, 0.4) is 0 Å². The molecule has 1 aromatic rings. The van der Waals surface area contributed by atoms with Crippen LogP contribution in [0.1, 0.15) is 38.2 Å². The Morgan fingerprint density at radius 3 is 2.88 bits per heavy atom. The topological polar surface area (TPSA) is 20.2 Å². The Labute approximate surface area is 108 Å². The maximum Gasteiger partial charge on any atom is 0.0910 e. The van der Waals surface area contributed by atoms with Crippen molar-refractivity contribution in [3.8, 4) is 0 Å². The van der Waals surface area contributed by atoms with Gasteiger partial charge in [-0.1, -0.05) is 31.0 Å². The molecule has 1 saturated carbocycles. The molecule has 0 amide bonds. The number of benzene rings is 1. The average molecular weight is 248 g/mol. The van der Waals surface area contributed by atoms with E-state index in [4.69, 9.17) is 0 Å². The van der Waals surface area contributed by atoms with E-state index in [-0.39, 0.29) is 0 Å². The first-order valence-corrected chi connectivity index (χ1v) is 7.63. The van der Waals surface area contributed by atoms with Gasteiger partial charge in [-0.15, -0.1) is 11.8 Å². The molecule has 1 nitrogen and oxygen atoms in total. The van der Waals surface area contributed by atoms with Gasteiger partial charge in [-0.25, -0.2) is 0 Å². The Balaban J connectivity index is 2.05.